The minimum absolute atomic E-state index is 0.0801. The van der Waals surface area contributed by atoms with E-state index in [9.17, 15) is 4.79 Å². The second-order valence-corrected chi connectivity index (χ2v) is 7.00. The molecule has 0 bridgehead atoms. The first kappa shape index (κ1) is 24.2. The first-order chi connectivity index (χ1) is 12.2. The molecule has 0 aromatic rings. The van der Waals surface area contributed by atoms with E-state index < -0.39 is 0 Å². The third kappa shape index (κ3) is 17.8. The molecule has 0 rings (SSSR count). The molecule has 0 heterocycles. The molecule has 0 aliphatic carbocycles. The van der Waals surface area contributed by atoms with E-state index in [4.69, 9.17) is 4.74 Å². The second-order valence-electron chi connectivity index (χ2n) is 7.00. The van der Waals surface area contributed by atoms with E-state index in [2.05, 4.69) is 23.8 Å². The van der Waals surface area contributed by atoms with Crippen LogP contribution in [0.4, 0.5) is 0 Å². The van der Waals surface area contributed by atoms with Crippen LogP contribution in [0.15, 0.2) is 12.2 Å². The van der Waals surface area contributed by atoms with Gasteiger partial charge in [-0.2, -0.15) is 0 Å². The van der Waals surface area contributed by atoms with Crippen LogP contribution in [0.25, 0.3) is 0 Å². The van der Waals surface area contributed by atoms with Crippen LogP contribution in [0.5, 0.6) is 0 Å². The topological polar surface area (TPSA) is 35.5 Å². The summed E-state index contributed by atoms with van der Waals surface area (Å²) >= 11 is 0. The van der Waals surface area contributed by atoms with Gasteiger partial charge in [-0.25, -0.2) is 0 Å². The Morgan fingerprint density at radius 3 is 2.12 bits per heavy atom. The van der Waals surface area contributed by atoms with E-state index in [0.29, 0.717) is 12.5 Å². The minimum atomic E-state index is -0.0801. The number of methoxy groups -OCH3 is 2. The third-order valence-corrected chi connectivity index (χ3v) is 4.76. The van der Waals surface area contributed by atoms with Gasteiger partial charge >= 0.3 is 5.97 Å². The number of hydrogen-bond acceptors (Lipinski definition) is 3. The lowest BCUT2D eigenvalue weighted by atomic mass is 10.1. The molecule has 1 atom stereocenters. The van der Waals surface area contributed by atoms with Crippen molar-refractivity contribution in [3.05, 3.63) is 12.2 Å². The summed E-state index contributed by atoms with van der Waals surface area (Å²) in [4.78, 5) is 11.0. The molecule has 0 aliphatic heterocycles. The molecule has 0 radical (unpaired) electrons. The molecule has 0 unspecified atom stereocenters. The highest BCUT2D eigenvalue weighted by molar-refractivity contribution is 5.68. The fourth-order valence-electron chi connectivity index (χ4n) is 3.01. The molecule has 0 aromatic heterocycles. The van der Waals surface area contributed by atoms with Crippen molar-refractivity contribution in [2.75, 3.05) is 14.2 Å². The summed E-state index contributed by atoms with van der Waals surface area (Å²) in [6.07, 6.45) is 22.9. The van der Waals surface area contributed by atoms with Crippen LogP contribution in [0.3, 0.4) is 0 Å². The third-order valence-electron chi connectivity index (χ3n) is 4.76. The maximum atomic E-state index is 11.0. The lowest BCUT2D eigenvalue weighted by Gasteiger charge is -2.12. The van der Waals surface area contributed by atoms with E-state index in [1.807, 2.05) is 7.11 Å². The molecule has 0 saturated heterocycles. The smallest absolute Gasteiger partial charge is 0.305 e. The highest BCUT2D eigenvalue weighted by Gasteiger charge is 2.04. The highest BCUT2D eigenvalue weighted by Crippen LogP contribution is 2.13. The van der Waals surface area contributed by atoms with Gasteiger partial charge in [0.15, 0.2) is 0 Å². The first-order valence-corrected chi connectivity index (χ1v) is 10.5. The molecule has 3 heteroatoms. The SMILES string of the molecule is CCCCCC[C@@H](C/C=C\CCCCCCCCCC(=O)OC)OC. The predicted molar refractivity (Wildman–Crippen MR) is 107 cm³/mol. The molecule has 0 fully saturated rings. The van der Waals surface area contributed by atoms with Gasteiger partial charge in [-0.3, -0.25) is 4.79 Å². The molecule has 0 spiro atoms. The molecular weight excluding hydrogens is 312 g/mol. The summed E-state index contributed by atoms with van der Waals surface area (Å²) in [6.45, 7) is 2.25. The number of carbonyl (C=O) groups excluding carboxylic acids is 1. The minimum Gasteiger partial charge on any atom is -0.469 e. The van der Waals surface area contributed by atoms with Crippen LogP contribution in [-0.4, -0.2) is 26.3 Å². The van der Waals surface area contributed by atoms with Gasteiger partial charge in [0, 0.05) is 13.5 Å². The Morgan fingerprint density at radius 2 is 1.48 bits per heavy atom. The summed E-state index contributed by atoms with van der Waals surface area (Å²) < 4.78 is 10.2. The monoisotopic (exact) mass is 354 g/mol. The van der Waals surface area contributed by atoms with Crippen molar-refractivity contribution < 1.29 is 14.3 Å². The van der Waals surface area contributed by atoms with Crippen molar-refractivity contribution in [2.45, 2.75) is 109 Å². The van der Waals surface area contributed by atoms with Crippen LogP contribution in [0.1, 0.15) is 103 Å². The number of unbranched alkanes of at least 4 members (excludes halogenated alkanes) is 10. The quantitative estimate of drug-likeness (QED) is 0.158. The van der Waals surface area contributed by atoms with Crippen molar-refractivity contribution in [1.29, 1.82) is 0 Å². The number of hydrogen-bond donors (Lipinski definition) is 0. The lowest BCUT2D eigenvalue weighted by Crippen LogP contribution is -2.08. The van der Waals surface area contributed by atoms with E-state index >= 15 is 0 Å². The van der Waals surface area contributed by atoms with Gasteiger partial charge in [0.25, 0.3) is 0 Å². The molecule has 0 aromatic carbocycles. The Labute approximate surface area is 156 Å². The molecule has 0 N–H and O–H groups in total. The molecular formula is C22H42O3. The van der Waals surface area contributed by atoms with Crippen LogP contribution in [0.2, 0.25) is 0 Å². The zero-order chi connectivity index (χ0) is 18.6. The Bertz CT molecular complexity index is 312. The number of ether oxygens (including phenoxy) is 2. The maximum Gasteiger partial charge on any atom is 0.305 e. The summed E-state index contributed by atoms with van der Waals surface area (Å²) in [7, 11) is 3.29. The zero-order valence-electron chi connectivity index (χ0n) is 17.1. The fraction of sp³-hybridized carbons (Fsp3) is 0.864. The zero-order valence-corrected chi connectivity index (χ0v) is 17.1. The van der Waals surface area contributed by atoms with Crippen molar-refractivity contribution in [2.24, 2.45) is 0 Å². The molecule has 0 aliphatic rings. The van der Waals surface area contributed by atoms with Gasteiger partial charge in [-0.1, -0.05) is 76.9 Å². The molecule has 25 heavy (non-hydrogen) atoms. The normalized spacial score (nSPS) is 12.6. The van der Waals surface area contributed by atoms with E-state index in [0.717, 1.165) is 19.3 Å². The Hall–Kier alpha value is -0.830. The molecule has 0 amide bonds. The van der Waals surface area contributed by atoms with Crippen LogP contribution in [-0.2, 0) is 14.3 Å². The van der Waals surface area contributed by atoms with Crippen LogP contribution < -0.4 is 0 Å². The fourth-order valence-corrected chi connectivity index (χ4v) is 3.01. The number of rotatable bonds is 18. The number of carbonyl (C=O) groups is 1. The predicted octanol–water partition coefficient (Wildman–Crippen LogP) is 6.60. The van der Waals surface area contributed by atoms with Crippen molar-refractivity contribution >= 4 is 5.97 Å². The maximum absolute atomic E-state index is 11.0. The van der Waals surface area contributed by atoms with Crippen molar-refractivity contribution in [3.63, 3.8) is 0 Å². The molecule has 148 valence electrons. The van der Waals surface area contributed by atoms with Gasteiger partial charge < -0.3 is 9.47 Å². The number of esters is 1. The van der Waals surface area contributed by atoms with Gasteiger partial charge in [0.1, 0.15) is 0 Å². The largest absolute Gasteiger partial charge is 0.469 e. The van der Waals surface area contributed by atoms with Gasteiger partial charge in [-0.15, -0.1) is 0 Å². The van der Waals surface area contributed by atoms with Gasteiger partial charge in [0.2, 0.25) is 0 Å². The average Bonchev–Trinajstić information content (AvgIpc) is 2.63. The van der Waals surface area contributed by atoms with Gasteiger partial charge in [-0.05, 0) is 32.1 Å². The Morgan fingerprint density at radius 1 is 0.840 bits per heavy atom. The standard InChI is InChI=1S/C22H42O3/c1-4-5-6-15-18-21(24-2)19-16-13-11-9-7-8-10-12-14-17-20-22(23)25-3/h13,16,21H,4-12,14-15,17-20H2,1-3H3/b16-13-/t21-/m0/s1. The number of allylic oxidation sites excluding steroid dienone is 1. The summed E-state index contributed by atoms with van der Waals surface area (Å²) in [5, 5.41) is 0. The van der Waals surface area contributed by atoms with Crippen molar-refractivity contribution in [3.8, 4) is 0 Å². The molecule has 3 nitrogen and oxygen atoms in total. The van der Waals surface area contributed by atoms with Gasteiger partial charge in [0.05, 0.1) is 13.2 Å². The second kappa shape index (κ2) is 19.5. The van der Waals surface area contributed by atoms with E-state index in [-0.39, 0.29) is 5.97 Å². The Balaban J connectivity index is 3.37. The lowest BCUT2D eigenvalue weighted by molar-refractivity contribution is -0.140. The van der Waals surface area contributed by atoms with E-state index in [1.165, 1.54) is 77.7 Å². The first-order valence-electron chi connectivity index (χ1n) is 10.5. The summed E-state index contributed by atoms with van der Waals surface area (Å²) in [5.41, 5.74) is 0. The van der Waals surface area contributed by atoms with Crippen molar-refractivity contribution in [1.82, 2.24) is 0 Å². The average molecular weight is 355 g/mol. The van der Waals surface area contributed by atoms with Crippen LogP contribution >= 0.6 is 0 Å². The Kier molecular flexibility index (Phi) is 18.8. The summed E-state index contributed by atoms with van der Waals surface area (Å²) in [6, 6.07) is 0. The van der Waals surface area contributed by atoms with E-state index in [1.54, 1.807) is 0 Å². The van der Waals surface area contributed by atoms with Crippen LogP contribution in [0, 0.1) is 0 Å². The highest BCUT2D eigenvalue weighted by atomic mass is 16.5. The molecule has 0 saturated carbocycles. The summed E-state index contributed by atoms with van der Waals surface area (Å²) in [5.74, 6) is -0.0801.